The van der Waals surface area contributed by atoms with Crippen LogP contribution in [0.4, 0.5) is 5.69 Å². The highest BCUT2D eigenvalue weighted by atomic mass is 32.2. The predicted octanol–water partition coefficient (Wildman–Crippen LogP) is 0.840. The number of benzene rings is 1. The molecule has 1 saturated heterocycles. The van der Waals surface area contributed by atoms with Gasteiger partial charge in [0.2, 0.25) is 5.91 Å². The van der Waals surface area contributed by atoms with Crippen molar-refractivity contribution in [1.29, 1.82) is 0 Å². The highest BCUT2D eigenvalue weighted by Crippen LogP contribution is 2.28. The molecule has 19 heavy (non-hydrogen) atoms. The zero-order chi connectivity index (χ0) is 14.1. The van der Waals surface area contributed by atoms with E-state index in [1.165, 1.54) is 0 Å². The number of primary amides is 1. The summed E-state index contributed by atoms with van der Waals surface area (Å²) >= 11 is 0. The molecule has 1 aliphatic rings. The second-order valence-corrected chi connectivity index (χ2v) is 7.27. The van der Waals surface area contributed by atoms with Gasteiger partial charge in [-0.1, -0.05) is 18.2 Å². The van der Waals surface area contributed by atoms with Crippen molar-refractivity contribution in [1.82, 2.24) is 0 Å². The van der Waals surface area contributed by atoms with Gasteiger partial charge in [0.1, 0.15) is 5.54 Å². The molecule has 0 saturated carbocycles. The lowest BCUT2D eigenvalue weighted by Crippen LogP contribution is -2.57. The molecule has 104 valence electrons. The number of carbonyl (C=O) groups is 1. The van der Waals surface area contributed by atoms with Crippen LogP contribution in [0.25, 0.3) is 0 Å². The molecule has 1 aromatic rings. The molecule has 1 heterocycles. The molecule has 1 aliphatic heterocycles. The smallest absolute Gasteiger partial charge is 0.244 e. The van der Waals surface area contributed by atoms with Crippen LogP contribution in [-0.4, -0.2) is 31.4 Å². The normalized spacial score (nSPS) is 25.7. The van der Waals surface area contributed by atoms with Crippen LogP contribution in [0, 0.1) is 6.92 Å². The monoisotopic (exact) mass is 282 g/mol. The van der Waals surface area contributed by atoms with Gasteiger partial charge in [-0.25, -0.2) is 8.42 Å². The van der Waals surface area contributed by atoms with Gasteiger partial charge in [0, 0.05) is 5.69 Å². The number of para-hydroxylation sites is 1. The minimum atomic E-state index is -3.23. The first kappa shape index (κ1) is 13.9. The topological polar surface area (TPSA) is 89.3 Å². The highest BCUT2D eigenvalue weighted by molar-refractivity contribution is 7.91. The molecule has 0 radical (unpaired) electrons. The molecule has 1 aromatic carbocycles. The minimum Gasteiger partial charge on any atom is -0.370 e. The van der Waals surface area contributed by atoms with Crippen LogP contribution < -0.4 is 11.1 Å². The van der Waals surface area contributed by atoms with E-state index in [1.807, 2.05) is 31.2 Å². The lowest BCUT2D eigenvalue weighted by molar-refractivity contribution is -0.122. The molecule has 1 fully saturated rings. The molecule has 0 spiro atoms. The third-order valence-corrected chi connectivity index (χ3v) is 5.36. The summed E-state index contributed by atoms with van der Waals surface area (Å²) in [6.45, 7) is 1.90. The van der Waals surface area contributed by atoms with E-state index in [4.69, 9.17) is 5.73 Å². The second kappa shape index (κ2) is 4.85. The van der Waals surface area contributed by atoms with Crippen LogP contribution in [0.5, 0.6) is 0 Å². The number of carbonyl (C=O) groups excluding carboxylic acids is 1. The molecule has 6 heteroatoms. The Labute approximate surface area is 113 Å². The third kappa shape index (κ3) is 2.89. The number of hydrogen-bond acceptors (Lipinski definition) is 4. The Hall–Kier alpha value is -1.56. The zero-order valence-electron chi connectivity index (χ0n) is 10.8. The van der Waals surface area contributed by atoms with E-state index in [-0.39, 0.29) is 11.5 Å². The molecule has 2 rings (SSSR count). The van der Waals surface area contributed by atoms with Gasteiger partial charge in [-0.15, -0.1) is 0 Å². The summed E-state index contributed by atoms with van der Waals surface area (Å²) in [7, 11) is -3.23. The average Bonchev–Trinajstić information content (AvgIpc) is 2.30. The minimum absolute atomic E-state index is 0.123. The van der Waals surface area contributed by atoms with Crippen LogP contribution in [0.3, 0.4) is 0 Å². The van der Waals surface area contributed by atoms with Crippen molar-refractivity contribution in [2.24, 2.45) is 5.73 Å². The Morgan fingerprint density at radius 2 is 2.05 bits per heavy atom. The molecule has 5 nitrogen and oxygen atoms in total. The van der Waals surface area contributed by atoms with Crippen molar-refractivity contribution in [3.05, 3.63) is 29.8 Å². The highest BCUT2D eigenvalue weighted by Gasteiger charge is 2.44. The van der Waals surface area contributed by atoms with Crippen molar-refractivity contribution in [2.45, 2.75) is 25.3 Å². The maximum absolute atomic E-state index is 11.8. The Morgan fingerprint density at radius 1 is 1.37 bits per heavy atom. The van der Waals surface area contributed by atoms with Gasteiger partial charge in [0.15, 0.2) is 9.84 Å². The molecule has 3 N–H and O–H groups in total. The summed E-state index contributed by atoms with van der Waals surface area (Å²) in [6.07, 6.45) is 0.889. The maximum Gasteiger partial charge on any atom is 0.244 e. The van der Waals surface area contributed by atoms with E-state index in [1.54, 1.807) is 0 Å². The summed E-state index contributed by atoms with van der Waals surface area (Å²) in [4.78, 5) is 11.8. The number of anilines is 1. The number of aryl methyl sites for hydroxylation is 1. The summed E-state index contributed by atoms with van der Waals surface area (Å²) in [5.41, 5.74) is 5.96. The van der Waals surface area contributed by atoms with Gasteiger partial charge in [0.05, 0.1) is 11.5 Å². The Kier molecular flexibility index (Phi) is 3.54. The summed E-state index contributed by atoms with van der Waals surface area (Å²) in [6, 6.07) is 7.44. The van der Waals surface area contributed by atoms with Crippen molar-refractivity contribution < 1.29 is 13.2 Å². The van der Waals surface area contributed by atoms with E-state index >= 15 is 0 Å². The summed E-state index contributed by atoms with van der Waals surface area (Å²) in [5.74, 6) is -0.722. The van der Waals surface area contributed by atoms with Gasteiger partial charge in [-0.2, -0.15) is 0 Å². The van der Waals surface area contributed by atoms with Crippen molar-refractivity contribution in [3.8, 4) is 0 Å². The first-order valence-corrected chi connectivity index (χ1v) is 8.01. The van der Waals surface area contributed by atoms with Gasteiger partial charge in [-0.3, -0.25) is 4.79 Å². The van der Waals surface area contributed by atoms with Crippen molar-refractivity contribution >= 4 is 21.4 Å². The van der Waals surface area contributed by atoms with Crippen molar-refractivity contribution in [2.75, 3.05) is 16.8 Å². The number of hydrogen-bond donors (Lipinski definition) is 2. The standard InChI is InChI=1S/C13H18N2O3S/c1-10-5-2-3-6-11(10)15-13(12(14)16)7-4-8-19(17,18)9-13/h2-3,5-6,15H,4,7-9H2,1H3,(H2,14,16). The zero-order valence-corrected chi connectivity index (χ0v) is 11.7. The fraction of sp³-hybridized carbons (Fsp3) is 0.462. The molecule has 1 atom stereocenters. The summed E-state index contributed by atoms with van der Waals surface area (Å²) in [5, 5.41) is 3.06. The number of nitrogens with one attached hydrogen (secondary N) is 1. The van der Waals surface area contributed by atoms with Gasteiger partial charge >= 0.3 is 0 Å². The van der Waals surface area contributed by atoms with Crippen LogP contribution >= 0.6 is 0 Å². The van der Waals surface area contributed by atoms with E-state index in [9.17, 15) is 13.2 Å². The second-order valence-electron chi connectivity index (χ2n) is 5.08. The molecular formula is C13H18N2O3S. The SMILES string of the molecule is Cc1ccccc1NC1(C(N)=O)CCCS(=O)(=O)C1. The lowest BCUT2D eigenvalue weighted by Gasteiger charge is -2.36. The molecule has 0 bridgehead atoms. The van der Waals surface area contributed by atoms with Crippen LogP contribution in [0.2, 0.25) is 0 Å². The van der Waals surface area contributed by atoms with Crippen molar-refractivity contribution in [3.63, 3.8) is 0 Å². The van der Waals surface area contributed by atoms with Crippen LogP contribution in [0.1, 0.15) is 18.4 Å². The quantitative estimate of drug-likeness (QED) is 0.859. The lowest BCUT2D eigenvalue weighted by atomic mass is 9.93. The largest absolute Gasteiger partial charge is 0.370 e. The average molecular weight is 282 g/mol. The van der Waals surface area contributed by atoms with Gasteiger partial charge in [-0.05, 0) is 31.4 Å². The molecular weight excluding hydrogens is 264 g/mol. The predicted molar refractivity (Wildman–Crippen MR) is 74.6 cm³/mol. The number of amides is 1. The molecule has 0 aromatic heterocycles. The maximum atomic E-state index is 11.8. The van der Waals surface area contributed by atoms with E-state index in [0.717, 1.165) is 11.3 Å². The number of nitrogens with two attached hydrogens (primary N) is 1. The molecule has 1 unspecified atom stereocenters. The van der Waals surface area contributed by atoms with E-state index in [2.05, 4.69) is 5.32 Å². The Balaban J connectivity index is 2.36. The van der Waals surface area contributed by atoms with Gasteiger partial charge < -0.3 is 11.1 Å². The van der Waals surface area contributed by atoms with Crippen LogP contribution in [0.15, 0.2) is 24.3 Å². The Morgan fingerprint density at radius 3 is 2.63 bits per heavy atom. The van der Waals surface area contributed by atoms with E-state index < -0.39 is 21.3 Å². The first-order valence-electron chi connectivity index (χ1n) is 6.19. The Bertz CT molecular complexity index is 598. The molecule has 0 aliphatic carbocycles. The van der Waals surface area contributed by atoms with E-state index in [0.29, 0.717) is 12.8 Å². The fourth-order valence-electron chi connectivity index (χ4n) is 2.44. The third-order valence-electron chi connectivity index (χ3n) is 3.52. The first-order chi connectivity index (χ1) is 8.85. The number of sulfone groups is 1. The molecule has 1 amide bonds. The fourth-order valence-corrected chi connectivity index (χ4v) is 4.28. The summed E-state index contributed by atoms with van der Waals surface area (Å²) < 4.78 is 23.6. The number of rotatable bonds is 3. The van der Waals surface area contributed by atoms with Gasteiger partial charge in [0.25, 0.3) is 0 Å². The van der Waals surface area contributed by atoms with Crippen LogP contribution in [-0.2, 0) is 14.6 Å².